The first-order valence-corrected chi connectivity index (χ1v) is 3.99. The standard InChI is InChI=1S/C11H11.CH3.Y/c1-9-6-7-11(8-9)10-4-2-3-5-10;;/h2,4,6-7H,5,8H2,1H3;1H3;/q2*-1;. The molecule has 0 bridgehead atoms. The third kappa shape index (κ3) is 3.04. The van der Waals surface area contributed by atoms with Crippen LogP contribution in [-0.2, 0) is 32.7 Å². The second-order valence-corrected chi connectivity index (χ2v) is 3.12. The Hall–Kier alpha value is 0.0639. The Labute approximate surface area is 106 Å². The van der Waals surface area contributed by atoms with Gasteiger partial charge in [-0.15, -0.1) is 12.0 Å². The Morgan fingerprint density at radius 1 is 1.15 bits per heavy atom. The molecule has 1 radical (unpaired) electrons. The molecular formula is C12H14Y-2. The Morgan fingerprint density at radius 3 is 2.38 bits per heavy atom. The van der Waals surface area contributed by atoms with Crippen LogP contribution in [0.15, 0.2) is 41.0 Å². The topological polar surface area (TPSA) is 0 Å². The van der Waals surface area contributed by atoms with Crippen LogP contribution in [0.25, 0.3) is 0 Å². The van der Waals surface area contributed by atoms with E-state index in [4.69, 9.17) is 0 Å². The third-order valence-corrected chi connectivity index (χ3v) is 2.15. The summed E-state index contributed by atoms with van der Waals surface area (Å²) in [5.74, 6) is 0. The summed E-state index contributed by atoms with van der Waals surface area (Å²) in [7, 11) is 0. The molecule has 0 saturated carbocycles. The number of allylic oxidation sites excluding steroid dienone is 8. The van der Waals surface area contributed by atoms with Gasteiger partial charge in [-0.1, -0.05) is 23.3 Å². The van der Waals surface area contributed by atoms with Gasteiger partial charge in [0.25, 0.3) is 0 Å². The SMILES string of the molecule is CC1=CC=C(C2=CC=[C-]C2)C1.[CH3-].[Y]. The zero-order chi connectivity index (χ0) is 7.68. The van der Waals surface area contributed by atoms with E-state index in [0.717, 1.165) is 12.8 Å². The molecule has 0 spiro atoms. The second-order valence-electron chi connectivity index (χ2n) is 3.12. The van der Waals surface area contributed by atoms with Crippen LogP contribution in [0.1, 0.15) is 19.8 Å². The van der Waals surface area contributed by atoms with Crippen LogP contribution >= 0.6 is 0 Å². The average Bonchev–Trinajstić information content (AvgIpc) is 2.55. The predicted molar refractivity (Wildman–Crippen MR) is 53.4 cm³/mol. The molecule has 0 unspecified atom stereocenters. The first-order valence-electron chi connectivity index (χ1n) is 3.99. The second kappa shape index (κ2) is 5.72. The van der Waals surface area contributed by atoms with Gasteiger partial charge in [0.1, 0.15) is 0 Å². The molecule has 0 atom stereocenters. The molecule has 0 aromatic carbocycles. The Morgan fingerprint density at radius 2 is 1.92 bits per heavy atom. The first kappa shape index (κ1) is 13.1. The van der Waals surface area contributed by atoms with Gasteiger partial charge in [0.2, 0.25) is 0 Å². The van der Waals surface area contributed by atoms with Gasteiger partial charge in [-0.25, -0.2) is 12.2 Å². The van der Waals surface area contributed by atoms with Crippen molar-refractivity contribution in [3.8, 4) is 0 Å². The van der Waals surface area contributed by atoms with Gasteiger partial charge in [0.05, 0.1) is 0 Å². The summed E-state index contributed by atoms with van der Waals surface area (Å²) in [4.78, 5) is 0. The monoisotopic (exact) mass is 247 g/mol. The summed E-state index contributed by atoms with van der Waals surface area (Å²) < 4.78 is 0. The molecule has 0 fully saturated rings. The van der Waals surface area contributed by atoms with E-state index in [1.807, 2.05) is 6.08 Å². The van der Waals surface area contributed by atoms with Crippen LogP contribution in [-0.4, -0.2) is 0 Å². The fourth-order valence-electron chi connectivity index (χ4n) is 1.49. The van der Waals surface area contributed by atoms with Crippen LogP contribution in [0.4, 0.5) is 0 Å². The number of hydrogen-bond donors (Lipinski definition) is 0. The first-order chi connectivity index (χ1) is 5.36. The van der Waals surface area contributed by atoms with E-state index in [2.05, 4.69) is 31.2 Å². The van der Waals surface area contributed by atoms with Gasteiger partial charge in [0.15, 0.2) is 0 Å². The molecule has 0 heterocycles. The maximum absolute atomic E-state index is 3.18. The van der Waals surface area contributed by atoms with Gasteiger partial charge in [0, 0.05) is 32.7 Å². The summed E-state index contributed by atoms with van der Waals surface area (Å²) in [6.45, 7) is 2.18. The Bertz CT molecular complexity index is 290. The van der Waals surface area contributed by atoms with E-state index in [0.29, 0.717) is 0 Å². The van der Waals surface area contributed by atoms with Crippen molar-refractivity contribution in [2.75, 3.05) is 0 Å². The summed E-state index contributed by atoms with van der Waals surface area (Å²) in [5, 5.41) is 0. The molecule has 0 aromatic rings. The summed E-state index contributed by atoms with van der Waals surface area (Å²) in [6, 6.07) is 0. The van der Waals surface area contributed by atoms with E-state index in [1.54, 1.807) is 0 Å². The molecular weight excluding hydrogens is 233 g/mol. The molecule has 0 amide bonds. The maximum Gasteiger partial charge on any atom is 0 e. The van der Waals surface area contributed by atoms with Gasteiger partial charge in [-0.2, -0.15) is 0 Å². The zero-order valence-electron chi connectivity index (χ0n) is 8.30. The molecule has 2 rings (SSSR count). The molecule has 0 aromatic heterocycles. The van der Waals surface area contributed by atoms with E-state index in [9.17, 15) is 0 Å². The number of hydrogen-bond acceptors (Lipinski definition) is 0. The average molecular weight is 247 g/mol. The normalized spacial score (nSPS) is 18.4. The van der Waals surface area contributed by atoms with Crippen molar-refractivity contribution in [3.05, 3.63) is 54.5 Å². The van der Waals surface area contributed by atoms with Crippen molar-refractivity contribution in [2.24, 2.45) is 0 Å². The smallest absolute Gasteiger partial charge is 0 e. The summed E-state index contributed by atoms with van der Waals surface area (Å²) >= 11 is 0. The quantitative estimate of drug-likeness (QED) is 0.623. The van der Waals surface area contributed by atoms with Crippen LogP contribution in [0, 0.1) is 13.5 Å². The van der Waals surface area contributed by atoms with Crippen molar-refractivity contribution >= 4 is 0 Å². The fraction of sp³-hybridized carbons (Fsp3) is 0.250. The molecule has 0 saturated heterocycles. The summed E-state index contributed by atoms with van der Waals surface area (Å²) in [6.07, 6.45) is 13.9. The van der Waals surface area contributed by atoms with Crippen LogP contribution in [0.5, 0.6) is 0 Å². The molecule has 2 aliphatic carbocycles. The van der Waals surface area contributed by atoms with Crippen LogP contribution in [0.2, 0.25) is 0 Å². The van der Waals surface area contributed by atoms with Gasteiger partial charge in [-0.05, 0) is 13.3 Å². The molecule has 2 aliphatic rings. The molecule has 1 heteroatoms. The van der Waals surface area contributed by atoms with E-state index < -0.39 is 0 Å². The molecule has 0 N–H and O–H groups in total. The van der Waals surface area contributed by atoms with Gasteiger partial charge < -0.3 is 7.43 Å². The minimum Gasteiger partial charge on any atom is -0.358 e. The van der Waals surface area contributed by atoms with Crippen molar-refractivity contribution < 1.29 is 32.7 Å². The largest absolute Gasteiger partial charge is 0.358 e. The maximum atomic E-state index is 3.18. The van der Waals surface area contributed by atoms with E-state index in [1.165, 1.54) is 16.7 Å². The van der Waals surface area contributed by atoms with E-state index in [-0.39, 0.29) is 40.1 Å². The minimum atomic E-state index is 0. The van der Waals surface area contributed by atoms with Crippen molar-refractivity contribution in [1.82, 2.24) is 0 Å². The minimum absolute atomic E-state index is 0. The molecule has 0 nitrogen and oxygen atoms in total. The zero-order valence-corrected chi connectivity index (χ0v) is 11.1. The number of rotatable bonds is 1. The summed E-state index contributed by atoms with van der Waals surface area (Å²) in [5.41, 5.74) is 4.38. The Balaban J connectivity index is 0.000000720. The van der Waals surface area contributed by atoms with Crippen LogP contribution in [0.3, 0.4) is 0 Å². The molecule has 67 valence electrons. The predicted octanol–water partition coefficient (Wildman–Crippen LogP) is 3.40. The van der Waals surface area contributed by atoms with E-state index >= 15 is 0 Å². The molecule has 0 aliphatic heterocycles. The van der Waals surface area contributed by atoms with Crippen molar-refractivity contribution in [3.63, 3.8) is 0 Å². The fourth-order valence-corrected chi connectivity index (χ4v) is 1.49. The molecule has 13 heavy (non-hydrogen) atoms. The third-order valence-electron chi connectivity index (χ3n) is 2.15. The van der Waals surface area contributed by atoms with Crippen molar-refractivity contribution in [2.45, 2.75) is 19.8 Å². The van der Waals surface area contributed by atoms with Crippen molar-refractivity contribution in [1.29, 1.82) is 0 Å². The Kier molecular flexibility index (Phi) is 5.75. The van der Waals surface area contributed by atoms with Gasteiger partial charge >= 0.3 is 0 Å². The van der Waals surface area contributed by atoms with Gasteiger partial charge in [-0.3, -0.25) is 6.08 Å². The van der Waals surface area contributed by atoms with Crippen LogP contribution < -0.4 is 0 Å².